The van der Waals surface area contributed by atoms with Crippen molar-refractivity contribution in [3.63, 3.8) is 0 Å². The van der Waals surface area contributed by atoms with Gasteiger partial charge in [-0.1, -0.05) is 13.3 Å². The normalized spacial score (nSPS) is 16.2. The highest BCUT2D eigenvalue weighted by molar-refractivity contribution is 14.0. The zero-order chi connectivity index (χ0) is 15.1. The molecular formula is C15H29IN6. The van der Waals surface area contributed by atoms with Gasteiger partial charge in [0.05, 0.1) is 0 Å². The van der Waals surface area contributed by atoms with E-state index in [4.69, 9.17) is 0 Å². The van der Waals surface area contributed by atoms with Crippen molar-refractivity contribution < 1.29 is 0 Å². The van der Waals surface area contributed by atoms with Gasteiger partial charge >= 0.3 is 0 Å². The number of aliphatic imine (C=N–C) groups is 1. The molecule has 0 aromatic carbocycles. The summed E-state index contributed by atoms with van der Waals surface area (Å²) in [5.41, 5.74) is 0. The molecule has 1 aliphatic rings. The molecule has 0 aliphatic carbocycles. The van der Waals surface area contributed by atoms with E-state index in [0.717, 1.165) is 50.0 Å². The van der Waals surface area contributed by atoms with E-state index in [9.17, 15) is 0 Å². The van der Waals surface area contributed by atoms with Crippen LogP contribution in [0.15, 0.2) is 4.99 Å². The monoisotopic (exact) mass is 420 g/mol. The third kappa shape index (κ3) is 5.40. The zero-order valence-electron chi connectivity index (χ0n) is 13.9. The van der Waals surface area contributed by atoms with Crippen LogP contribution in [0.3, 0.4) is 0 Å². The zero-order valence-corrected chi connectivity index (χ0v) is 16.3. The predicted molar refractivity (Wildman–Crippen MR) is 101 cm³/mol. The lowest BCUT2D eigenvalue weighted by atomic mass is 10.2. The average molecular weight is 420 g/mol. The Labute approximate surface area is 150 Å². The SMILES string of the molecule is CCC(C)NC(=NC)NCCc1nnc2n1CCCCC2.I. The highest BCUT2D eigenvalue weighted by Crippen LogP contribution is 2.14. The Bertz CT molecular complexity index is 471. The number of aromatic nitrogens is 3. The van der Waals surface area contributed by atoms with Crippen LogP contribution in [0.25, 0.3) is 0 Å². The van der Waals surface area contributed by atoms with Gasteiger partial charge in [0.15, 0.2) is 5.96 Å². The van der Waals surface area contributed by atoms with E-state index in [0.29, 0.717) is 6.04 Å². The van der Waals surface area contributed by atoms with Crippen LogP contribution in [0.2, 0.25) is 0 Å². The minimum atomic E-state index is 0. The van der Waals surface area contributed by atoms with Crippen LogP contribution in [-0.2, 0) is 19.4 Å². The third-order valence-corrected chi connectivity index (χ3v) is 4.05. The molecule has 1 unspecified atom stereocenters. The highest BCUT2D eigenvalue weighted by Gasteiger charge is 2.14. The first kappa shape index (κ1) is 19.2. The van der Waals surface area contributed by atoms with Gasteiger partial charge in [-0.3, -0.25) is 4.99 Å². The van der Waals surface area contributed by atoms with Crippen molar-refractivity contribution in [1.29, 1.82) is 0 Å². The van der Waals surface area contributed by atoms with Crippen molar-refractivity contribution in [3.8, 4) is 0 Å². The molecule has 0 saturated heterocycles. The fraction of sp³-hybridized carbons (Fsp3) is 0.800. The van der Waals surface area contributed by atoms with E-state index in [1.54, 1.807) is 7.05 Å². The van der Waals surface area contributed by atoms with Gasteiger partial charge < -0.3 is 15.2 Å². The summed E-state index contributed by atoms with van der Waals surface area (Å²) in [5.74, 6) is 3.11. The summed E-state index contributed by atoms with van der Waals surface area (Å²) in [7, 11) is 1.81. The lowest BCUT2D eigenvalue weighted by Crippen LogP contribution is -2.42. The van der Waals surface area contributed by atoms with Crippen molar-refractivity contribution in [1.82, 2.24) is 25.4 Å². The molecule has 2 N–H and O–H groups in total. The molecular weight excluding hydrogens is 391 g/mol. The summed E-state index contributed by atoms with van der Waals surface area (Å²) in [5, 5.41) is 15.4. The molecule has 0 fully saturated rings. The Kier molecular flexibility index (Phi) is 8.74. The van der Waals surface area contributed by atoms with E-state index in [-0.39, 0.29) is 24.0 Å². The van der Waals surface area contributed by atoms with E-state index < -0.39 is 0 Å². The Hall–Kier alpha value is -0.860. The maximum absolute atomic E-state index is 4.35. The van der Waals surface area contributed by atoms with E-state index in [1.165, 1.54) is 19.3 Å². The number of rotatable bonds is 5. The minimum absolute atomic E-state index is 0. The summed E-state index contributed by atoms with van der Waals surface area (Å²) in [6.07, 6.45) is 6.81. The molecule has 0 amide bonds. The Morgan fingerprint density at radius 1 is 1.32 bits per heavy atom. The number of nitrogens with one attached hydrogen (secondary N) is 2. The van der Waals surface area contributed by atoms with Crippen LogP contribution in [-0.4, -0.2) is 40.4 Å². The van der Waals surface area contributed by atoms with Crippen LogP contribution in [0.5, 0.6) is 0 Å². The fourth-order valence-corrected chi connectivity index (χ4v) is 2.55. The number of guanidine groups is 1. The third-order valence-electron chi connectivity index (χ3n) is 4.05. The molecule has 7 heteroatoms. The average Bonchev–Trinajstić information content (AvgIpc) is 2.73. The fourth-order valence-electron chi connectivity index (χ4n) is 2.55. The molecule has 0 spiro atoms. The Morgan fingerprint density at radius 3 is 2.86 bits per heavy atom. The van der Waals surface area contributed by atoms with Crippen LogP contribution in [0, 0.1) is 0 Å². The van der Waals surface area contributed by atoms with Crippen molar-refractivity contribution in [3.05, 3.63) is 11.6 Å². The number of nitrogens with zero attached hydrogens (tertiary/aromatic N) is 4. The minimum Gasteiger partial charge on any atom is -0.356 e. The first-order valence-corrected chi connectivity index (χ1v) is 8.12. The van der Waals surface area contributed by atoms with Crippen LogP contribution >= 0.6 is 24.0 Å². The van der Waals surface area contributed by atoms with Gasteiger partial charge in [-0.2, -0.15) is 0 Å². The summed E-state index contributed by atoms with van der Waals surface area (Å²) in [6.45, 7) is 6.22. The lowest BCUT2D eigenvalue weighted by Gasteiger charge is -2.16. The van der Waals surface area contributed by atoms with Gasteiger partial charge in [-0.15, -0.1) is 34.2 Å². The van der Waals surface area contributed by atoms with Crippen LogP contribution in [0.1, 0.15) is 51.2 Å². The molecule has 22 heavy (non-hydrogen) atoms. The molecule has 1 aromatic rings. The first-order chi connectivity index (χ1) is 10.2. The maximum atomic E-state index is 4.35. The molecule has 0 saturated carbocycles. The molecule has 0 bridgehead atoms. The van der Waals surface area contributed by atoms with Gasteiger partial charge in [-0.25, -0.2) is 0 Å². The molecule has 1 aromatic heterocycles. The van der Waals surface area contributed by atoms with Crippen molar-refractivity contribution in [2.24, 2.45) is 4.99 Å². The molecule has 126 valence electrons. The largest absolute Gasteiger partial charge is 0.356 e. The standard InChI is InChI=1S/C15H28N6.HI/c1-4-12(2)18-15(16-3)17-10-9-14-20-19-13-8-6-5-7-11-21(13)14;/h12H,4-11H2,1-3H3,(H2,16,17,18);1H. The summed E-state index contributed by atoms with van der Waals surface area (Å²) in [4.78, 5) is 4.25. The number of halogens is 1. The van der Waals surface area contributed by atoms with Crippen molar-refractivity contribution >= 4 is 29.9 Å². The highest BCUT2D eigenvalue weighted by atomic mass is 127. The molecule has 0 radical (unpaired) electrons. The molecule has 2 rings (SSSR count). The first-order valence-electron chi connectivity index (χ1n) is 8.12. The second-order valence-electron chi connectivity index (χ2n) is 5.70. The van der Waals surface area contributed by atoms with Gasteiger partial charge in [-0.05, 0) is 26.2 Å². The van der Waals surface area contributed by atoms with Gasteiger partial charge in [0.2, 0.25) is 0 Å². The molecule has 6 nitrogen and oxygen atoms in total. The predicted octanol–water partition coefficient (Wildman–Crippen LogP) is 2.13. The maximum Gasteiger partial charge on any atom is 0.191 e. The second-order valence-corrected chi connectivity index (χ2v) is 5.70. The Morgan fingerprint density at radius 2 is 2.14 bits per heavy atom. The molecule has 1 aliphatic heterocycles. The quantitative estimate of drug-likeness (QED) is 0.435. The van der Waals surface area contributed by atoms with Crippen LogP contribution in [0.4, 0.5) is 0 Å². The van der Waals surface area contributed by atoms with Gasteiger partial charge in [0.1, 0.15) is 11.6 Å². The summed E-state index contributed by atoms with van der Waals surface area (Å²) >= 11 is 0. The molecule has 2 heterocycles. The smallest absolute Gasteiger partial charge is 0.191 e. The lowest BCUT2D eigenvalue weighted by molar-refractivity contribution is 0.595. The van der Waals surface area contributed by atoms with Gasteiger partial charge in [0.25, 0.3) is 0 Å². The second kappa shape index (κ2) is 10.0. The van der Waals surface area contributed by atoms with E-state index in [1.807, 2.05) is 0 Å². The number of fused-ring (bicyclic) bond motifs is 1. The van der Waals surface area contributed by atoms with E-state index >= 15 is 0 Å². The summed E-state index contributed by atoms with van der Waals surface area (Å²) in [6, 6.07) is 0.431. The van der Waals surface area contributed by atoms with Gasteiger partial charge in [0, 0.05) is 39.0 Å². The Balaban J connectivity index is 0.00000242. The molecule has 1 atom stereocenters. The van der Waals surface area contributed by atoms with Crippen LogP contribution < -0.4 is 10.6 Å². The topological polar surface area (TPSA) is 67.1 Å². The number of aryl methyl sites for hydroxylation is 1. The summed E-state index contributed by atoms with van der Waals surface area (Å²) < 4.78 is 2.31. The van der Waals surface area contributed by atoms with Crippen molar-refractivity contribution in [2.45, 2.75) is 65.0 Å². The number of hydrogen-bond acceptors (Lipinski definition) is 3. The number of hydrogen-bond donors (Lipinski definition) is 2. The van der Waals surface area contributed by atoms with Crippen molar-refractivity contribution in [2.75, 3.05) is 13.6 Å². The van der Waals surface area contributed by atoms with E-state index in [2.05, 4.69) is 44.2 Å².